The molecule has 7 heteroatoms. The summed E-state index contributed by atoms with van der Waals surface area (Å²) in [6.07, 6.45) is 0. The molecule has 1 aliphatic heterocycles. The Morgan fingerprint density at radius 3 is 2.95 bits per heavy atom. The molecule has 100 valence electrons. The summed E-state index contributed by atoms with van der Waals surface area (Å²) >= 11 is 3.23. The number of anilines is 2. The van der Waals surface area contributed by atoms with Crippen LogP contribution in [-0.4, -0.2) is 20.5 Å². The van der Waals surface area contributed by atoms with Crippen LogP contribution < -0.4 is 11.1 Å². The second-order valence-electron chi connectivity index (χ2n) is 4.13. The van der Waals surface area contributed by atoms with Gasteiger partial charge in [0.1, 0.15) is 0 Å². The third kappa shape index (κ3) is 2.47. The summed E-state index contributed by atoms with van der Waals surface area (Å²) in [4.78, 5) is 12.3. The molecule has 20 heavy (non-hydrogen) atoms. The van der Waals surface area contributed by atoms with E-state index in [1.165, 1.54) is 0 Å². The monoisotopic (exact) mass is 396 g/mol. The van der Waals surface area contributed by atoms with E-state index >= 15 is 0 Å². The fourth-order valence-electron chi connectivity index (χ4n) is 1.81. The molecule has 0 fully saturated rings. The number of hydrogen-bond donors (Lipinski definition) is 2. The zero-order valence-corrected chi connectivity index (χ0v) is 13.4. The molecule has 0 saturated heterocycles. The van der Waals surface area contributed by atoms with E-state index in [1.54, 1.807) is 18.2 Å². The molecular weight excluding hydrogens is 387 g/mol. The van der Waals surface area contributed by atoms with Crippen LogP contribution in [0.4, 0.5) is 22.7 Å². The van der Waals surface area contributed by atoms with Crippen LogP contribution >= 0.6 is 15.9 Å². The summed E-state index contributed by atoms with van der Waals surface area (Å²) in [7, 11) is 0. The molecule has 0 unspecified atom stereocenters. The fourth-order valence-corrected chi connectivity index (χ4v) is 3.39. The van der Waals surface area contributed by atoms with Crippen LogP contribution in [0.2, 0.25) is 0 Å². The van der Waals surface area contributed by atoms with Gasteiger partial charge in [-0.05, 0) is 0 Å². The predicted molar refractivity (Wildman–Crippen MR) is 82.9 cm³/mol. The number of fused-ring (bicyclic) bond motifs is 1. The standard InChI is InChI=1S/C13H9BrN4OSe/c14-9-5-4-7(15)6-8(9)13(19)16-10-2-1-3-11-12(10)18-20-17-11/h1-6H,15H2,(H,16,19). The van der Waals surface area contributed by atoms with E-state index in [0.29, 0.717) is 21.4 Å². The van der Waals surface area contributed by atoms with Crippen molar-refractivity contribution in [1.29, 1.82) is 0 Å². The molecule has 0 aliphatic carbocycles. The number of nitrogens with zero attached hydrogens (tertiary/aromatic N) is 2. The number of carbonyl (C=O) groups excluding carboxylic acids is 1. The SMILES string of the molecule is Nc1ccc(Br)c(C(=O)Nc2cccc3c2N=[Se]=N3)c1. The van der Waals surface area contributed by atoms with Gasteiger partial charge in [0.05, 0.1) is 0 Å². The molecule has 0 aromatic heterocycles. The minimum atomic E-state index is -0.229. The third-order valence-electron chi connectivity index (χ3n) is 2.77. The van der Waals surface area contributed by atoms with Crippen molar-refractivity contribution in [3.8, 4) is 0 Å². The molecule has 1 heterocycles. The number of nitrogens with one attached hydrogen (secondary N) is 1. The Hall–Kier alpha value is -1.69. The topological polar surface area (TPSA) is 79.8 Å². The van der Waals surface area contributed by atoms with Crippen LogP contribution in [0.15, 0.2) is 48.8 Å². The summed E-state index contributed by atoms with van der Waals surface area (Å²) in [6, 6.07) is 10.7. The quantitative estimate of drug-likeness (QED) is 0.513. The molecule has 0 bridgehead atoms. The van der Waals surface area contributed by atoms with Crippen molar-refractivity contribution in [2.45, 2.75) is 0 Å². The van der Waals surface area contributed by atoms with Gasteiger partial charge in [0, 0.05) is 0 Å². The van der Waals surface area contributed by atoms with E-state index in [4.69, 9.17) is 5.73 Å². The molecule has 2 aromatic rings. The number of rotatable bonds is 2. The number of nitrogens with two attached hydrogens (primary N) is 1. The Morgan fingerprint density at radius 1 is 1.25 bits per heavy atom. The van der Waals surface area contributed by atoms with Gasteiger partial charge in [-0.25, -0.2) is 0 Å². The number of halogens is 1. The molecule has 1 amide bonds. The Kier molecular flexibility index (Phi) is 3.56. The number of nitrogen functional groups attached to an aromatic ring is 1. The van der Waals surface area contributed by atoms with Gasteiger partial charge >= 0.3 is 129 Å². The van der Waals surface area contributed by atoms with E-state index in [0.717, 1.165) is 11.4 Å². The normalized spacial score (nSPS) is 11.8. The first-order valence-electron chi connectivity index (χ1n) is 5.73. The number of carbonyl (C=O) groups is 1. The Morgan fingerprint density at radius 2 is 2.10 bits per heavy atom. The first-order chi connectivity index (χ1) is 9.65. The van der Waals surface area contributed by atoms with Crippen LogP contribution in [0.5, 0.6) is 0 Å². The summed E-state index contributed by atoms with van der Waals surface area (Å²) in [5.74, 6) is -0.229. The fraction of sp³-hybridized carbons (Fsp3) is 0. The van der Waals surface area contributed by atoms with E-state index < -0.39 is 0 Å². The first-order valence-corrected chi connectivity index (χ1v) is 8.05. The van der Waals surface area contributed by atoms with Gasteiger partial charge in [0.2, 0.25) is 0 Å². The van der Waals surface area contributed by atoms with Gasteiger partial charge in [-0.15, -0.1) is 0 Å². The van der Waals surface area contributed by atoms with E-state index in [-0.39, 0.29) is 20.5 Å². The molecule has 3 N–H and O–H groups in total. The zero-order valence-electron chi connectivity index (χ0n) is 10.1. The molecule has 0 radical (unpaired) electrons. The van der Waals surface area contributed by atoms with Crippen molar-refractivity contribution in [3.63, 3.8) is 0 Å². The van der Waals surface area contributed by atoms with Gasteiger partial charge < -0.3 is 0 Å². The van der Waals surface area contributed by atoms with Crippen molar-refractivity contribution in [2.24, 2.45) is 7.92 Å². The van der Waals surface area contributed by atoms with Crippen LogP contribution in [0.25, 0.3) is 0 Å². The molecular formula is C13H9BrN4OSe. The molecule has 3 rings (SSSR count). The molecule has 0 spiro atoms. The Labute approximate surface area is 129 Å². The molecule has 0 atom stereocenters. The van der Waals surface area contributed by atoms with Crippen molar-refractivity contribution in [3.05, 3.63) is 46.4 Å². The van der Waals surface area contributed by atoms with Crippen molar-refractivity contribution < 1.29 is 4.79 Å². The zero-order chi connectivity index (χ0) is 14.1. The summed E-state index contributed by atoms with van der Waals surface area (Å²) in [5, 5.41) is 2.86. The van der Waals surface area contributed by atoms with Crippen molar-refractivity contribution in [1.82, 2.24) is 0 Å². The average Bonchev–Trinajstić information content (AvgIpc) is 2.91. The molecule has 1 aliphatic rings. The van der Waals surface area contributed by atoms with Crippen LogP contribution in [0.3, 0.4) is 0 Å². The number of hydrogen-bond acceptors (Lipinski definition) is 4. The molecule has 0 saturated carbocycles. The summed E-state index contributed by atoms with van der Waals surface area (Å²) in [6.45, 7) is 0. The van der Waals surface area contributed by atoms with Gasteiger partial charge in [0.25, 0.3) is 0 Å². The molecule has 5 nitrogen and oxygen atoms in total. The van der Waals surface area contributed by atoms with Crippen LogP contribution in [0, 0.1) is 0 Å². The van der Waals surface area contributed by atoms with Gasteiger partial charge in [-0.2, -0.15) is 0 Å². The van der Waals surface area contributed by atoms with Gasteiger partial charge in [0.15, 0.2) is 0 Å². The average molecular weight is 396 g/mol. The van der Waals surface area contributed by atoms with Gasteiger partial charge in [-0.3, -0.25) is 0 Å². The van der Waals surface area contributed by atoms with Crippen LogP contribution in [-0.2, 0) is 0 Å². The van der Waals surface area contributed by atoms with Crippen molar-refractivity contribution >= 4 is 59.2 Å². The Balaban J connectivity index is 1.93. The Bertz CT molecular complexity index is 784. The maximum atomic E-state index is 12.3. The number of amides is 1. The summed E-state index contributed by atoms with van der Waals surface area (Å²) < 4.78 is 9.31. The van der Waals surface area contributed by atoms with Gasteiger partial charge in [-0.1, -0.05) is 0 Å². The maximum absolute atomic E-state index is 12.3. The van der Waals surface area contributed by atoms with E-state index in [1.807, 2.05) is 18.2 Å². The predicted octanol–water partition coefficient (Wildman–Crippen LogP) is 3.63. The van der Waals surface area contributed by atoms with Crippen molar-refractivity contribution in [2.75, 3.05) is 11.1 Å². The summed E-state index contributed by atoms with van der Waals surface area (Å²) in [5.41, 5.74) is 9.00. The van der Waals surface area contributed by atoms with Crippen LogP contribution in [0.1, 0.15) is 10.4 Å². The third-order valence-corrected chi connectivity index (χ3v) is 4.60. The second-order valence-corrected chi connectivity index (χ2v) is 6.09. The van der Waals surface area contributed by atoms with E-state index in [2.05, 4.69) is 29.2 Å². The van der Waals surface area contributed by atoms with E-state index in [9.17, 15) is 4.79 Å². The number of benzene rings is 2. The molecule has 2 aromatic carbocycles. The minimum absolute atomic E-state index is 0.124. The first kappa shape index (κ1) is 13.3. The second kappa shape index (κ2) is 5.36.